The van der Waals surface area contributed by atoms with Gasteiger partial charge in [-0.2, -0.15) is 0 Å². The molecule has 8 nitrogen and oxygen atoms in total. The van der Waals surface area contributed by atoms with Crippen LogP contribution in [0.25, 0.3) is 0 Å². The SMILES string of the molecule is CCC(CC)(CC)OC(=O)N1CCC(O)CC1.CCC1(OC(=O)N2CCC(O)CC2)CCCC1. The number of aliphatic hydroxyl groups is 2. The minimum atomic E-state index is -0.312. The lowest BCUT2D eigenvalue weighted by molar-refractivity contribution is -0.0260. The van der Waals surface area contributed by atoms with Crippen LogP contribution >= 0.6 is 0 Å². The summed E-state index contributed by atoms with van der Waals surface area (Å²) in [4.78, 5) is 27.5. The molecule has 2 amide bonds. The summed E-state index contributed by atoms with van der Waals surface area (Å²) >= 11 is 0. The third kappa shape index (κ3) is 8.01. The molecule has 3 rings (SSSR count). The van der Waals surface area contributed by atoms with E-state index in [1.165, 1.54) is 12.8 Å². The first-order valence-electron chi connectivity index (χ1n) is 13.5. The van der Waals surface area contributed by atoms with Crippen LogP contribution < -0.4 is 0 Å². The maximum Gasteiger partial charge on any atom is 0.410 e. The number of amides is 2. The zero-order chi connectivity index (χ0) is 25.2. The topological polar surface area (TPSA) is 99.5 Å². The molecule has 0 bridgehead atoms. The summed E-state index contributed by atoms with van der Waals surface area (Å²) in [6.07, 6.45) is 9.57. The highest BCUT2D eigenvalue weighted by Gasteiger charge is 2.37. The van der Waals surface area contributed by atoms with Crippen molar-refractivity contribution < 1.29 is 29.3 Å². The molecule has 2 saturated heterocycles. The lowest BCUT2D eigenvalue weighted by atomic mass is 9.94. The fraction of sp³-hybridized carbons (Fsp3) is 0.923. The smallest absolute Gasteiger partial charge is 0.410 e. The third-order valence-corrected chi connectivity index (χ3v) is 8.15. The van der Waals surface area contributed by atoms with Gasteiger partial charge in [0.25, 0.3) is 0 Å². The second kappa shape index (κ2) is 13.5. The average molecular weight is 485 g/mol. The molecule has 0 unspecified atom stereocenters. The number of carbonyl (C=O) groups excluding carboxylic acids is 2. The molecule has 1 aliphatic carbocycles. The minimum Gasteiger partial charge on any atom is -0.443 e. The Morgan fingerprint density at radius 3 is 1.59 bits per heavy atom. The summed E-state index contributed by atoms with van der Waals surface area (Å²) in [5.41, 5.74) is -0.514. The van der Waals surface area contributed by atoms with Gasteiger partial charge < -0.3 is 29.5 Å². The van der Waals surface area contributed by atoms with Crippen LogP contribution in [-0.2, 0) is 9.47 Å². The van der Waals surface area contributed by atoms with Crippen molar-refractivity contribution in [1.29, 1.82) is 0 Å². The molecular formula is C26H48N2O6. The fourth-order valence-electron chi connectivity index (χ4n) is 5.11. The van der Waals surface area contributed by atoms with Gasteiger partial charge in [-0.1, -0.05) is 27.7 Å². The van der Waals surface area contributed by atoms with E-state index in [-0.39, 0.29) is 35.6 Å². The van der Waals surface area contributed by atoms with Gasteiger partial charge in [-0.15, -0.1) is 0 Å². The number of ether oxygens (including phenoxy) is 2. The van der Waals surface area contributed by atoms with Crippen molar-refractivity contribution >= 4 is 12.2 Å². The Morgan fingerprint density at radius 2 is 1.21 bits per heavy atom. The maximum atomic E-state index is 12.0. The van der Waals surface area contributed by atoms with Gasteiger partial charge in [-0.3, -0.25) is 0 Å². The second-order valence-corrected chi connectivity index (χ2v) is 10.2. The van der Waals surface area contributed by atoms with Gasteiger partial charge >= 0.3 is 12.2 Å². The zero-order valence-electron chi connectivity index (χ0n) is 21.9. The molecule has 34 heavy (non-hydrogen) atoms. The first-order valence-corrected chi connectivity index (χ1v) is 13.5. The monoisotopic (exact) mass is 484 g/mol. The van der Waals surface area contributed by atoms with E-state index in [0.29, 0.717) is 51.9 Å². The molecule has 0 aromatic carbocycles. The summed E-state index contributed by atoms with van der Waals surface area (Å²) in [6.45, 7) is 10.7. The van der Waals surface area contributed by atoms with Crippen LogP contribution in [0.2, 0.25) is 0 Å². The Kier molecular flexibility index (Phi) is 11.4. The van der Waals surface area contributed by atoms with Crippen molar-refractivity contribution in [2.75, 3.05) is 26.2 Å². The number of carbonyl (C=O) groups is 2. The lowest BCUT2D eigenvalue weighted by Crippen LogP contribution is -2.44. The number of hydrogen-bond acceptors (Lipinski definition) is 6. The molecule has 0 atom stereocenters. The summed E-state index contributed by atoms with van der Waals surface area (Å²) in [5, 5.41) is 18.8. The Labute approximate surface area is 206 Å². The molecule has 1 saturated carbocycles. The van der Waals surface area contributed by atoms with Crippen molar-refractivity contribution in [2.24, 2.45) is 0 Å². The van der Waals surface area contributed by atoms with Gasteiger partial charge in [0, 0.05) is 26.2 Å². The number of rotatable bonds is 6. The number of piperidine rings is 2. The lowest BCUT2D eigenvalue weighted by Gasteiger charge is -2.35. The molecule has 0 aromatic heterocycles. The van der Waals surface area contributed by atoms with Crippen LogP contribution in [-0.4, -0.2) is 81.8 Å². The summed E-state index contributed by atoms with van der Waals surface area (Å²) < 4.78 is 11.4. The van der Waals surface area contributed by atoms with E-state index < -0.39 is 0 Å². The van der Waals surface area contributed by atoms with Crippen molar-refractivity contribution in [2.45, 2.75) is 128 Å². The Morgan fingerprint density at radius 1 is 0.794 bits per heavy atom. The zero-order valence-corrected chi connectivity index (χ0v) is 21.9. The minimum absolute atomic E-state index is 0.180. The van der Waals surface area contributed by atoms with Crippen LogP contribution in [0.15, 0.2) is 0 Å². The van der Waals surface area contributed by atoms with E-state index in [4.69, 9.17) is 9.47 Å². The van der Waals surface area contributed by atoms with Gasteiger partial charge in [-0.05, 0) is 77.0 Å². The van der Waals surface area contributed by atoms with E-state index in [1.807, 2.05) is 0 Å². The molecule has 0 spiro atoms. The molecule has 2 heterocycles. The van der Waals surface area contributed by atoms with E-state index in [9.17, 15) is 19.8 Å². The standard InChI is InChI=1S/C13H23NO3.C13H25NO3/c1-2-13(7-3-4-8-13)17-12(16)14-9-5-11(15)6-10-14;1-4-13(5-2,6-3)17-12(16)14-9-7-11(15)8-10-14/h11,15H,2-10H2,1H3;11,15H,4-10H2,1-3H3. The normalized spacial score (nSPS) is 21.6. The molecule has 0 radical (unpaired) electrons. The van der Waals surface area contributed by atoms with E-state index in [2.05, 4.69) is 27.7 Å². The van der Waals surface area contributed by atoms with Crippen molar-refractivity contribution in [1.82, 2.24) is 9.80 Å². The van der Waals surface area contributed by atoms with Crippen molar-refractivity contribution in [3.05, 3.63) is 0 Å². The van der Waals surface area contributed by atoms with Crippen LogP contribution in [0.5, 0.6) is 0 Å². The Bertz CT molecular complexity index is 568. The van der Waals surface area contributed by atoms with E-state index in [1.54, 1.807) is 9.80 Å². The van der Waals surface area contributed by atoms with Gasteiger partial charge in [0.2, 0.25) is 0 Å². The summed E-state index contributed by atoms with van der Waals surface area (Å²) in [7, 11) is 0. The predicted molar refractivity (Wildman–Crippen MR) is 132 cm³/mol. The molecule has 2 aliphatic heterocycles. The second-order valence-electron chi connectivity index (χ2n) is 10.2. The van der Waals surface area contributed by atoms with Crippen molar-refractivity contribution in [3.8, 4) is 0 Å². The summed E-state index contributed by atoms with van der Waals surface area (Å²) in [5.74, 6) is 0. The highest BCUT2D eigenvalue weighted by molar-refractivity contribution is 5.68. The highest BCUT2D eigenvalue weighted by atomic mass is 16.6. The molecule has 0 aromatic rings. The Balaban J connectivity index is 0.000000240. The highest BCUT2D eigenvalue weighted by Crippen LogP contribution is 2.36. The molecule has 2 N–H and O–H groups in total. The summed E-state index contributed by atoms with van der Waals surface area (Å²) in [6, 6.07) is 0. The van der Waals surface area contributed by atoms with E-state index in [0.717, 1.165) is 38.5 Å². The predicted octanol–water partition coefficient (Wildman–Crippen LogP) is 4.85. The number of hydrogen-bond donors (Lipinski definition) is 2. The molecule has 8 heteroatoms. The molecule has 3 fully saturated rings. The largest absolute Gasteiger partial charge is 0.443 e. The van der Waals surface area contributed by atoms with E-state index >= 15 is 0 Å². The van der Waals surface area contributed by atoms with Crippen LogP contribution in [0.1, 0.15) is 105 Å². The van der Waals surface area contributed by atoms with Gasteiger partial charge in [0.05, 0.1) is 12.2 Å². The number of likely N-dealkylation sites (tertiary alicyclic amines) is 2. The van der Waals surface area contributed by atoms with Gasteiger partial charge in [-0.25, -0.2) is 9.59 Å². The van der Waals surface area contributed by atoms with Crippen LogP contribution in [0.4, 0.5) is 9.59 Å². The first-order chi connectivity index (χ1) is 16.2. The number of nitrogens with zero attached hydrogens (tertiary/aromatic N) is 2. The third-order valence-electron chi connectivity index (χ3n) is 8.15. The van der Waals surface area contributed by atoms with Gasteiger partial charge in [0.15, 0.2) is 0 Å². The first kappa shape index (κ1) is 28.7. The molecule has 3 aliphatic rings. The van der Waals surface area contributed by atoms with Crippen LogP contribution in [0, 0.1) is 0 Å². The average Bonchev–Trinajstić information content (AvgIpc) is 3.32. The van der Waals surface area contributed by atoms with Crippen molar-refractivity contribution in [3.63, 3.8) is 0 Å². The maximum absolute atomic E-state index is 12.0. The number of aliphatic hydroxyl groups excluding tert-OH is 2. The van der Waals surface area contributed by atoms with Crippen LogP contribution in [0.3, 0.4) is 0 Å². The Hall–Kier alpha value is -1.54. The molecule has 198 valence electrons. The molecular weight excluding hydrogens is 436 g/mol. The quantitative estimate of drug-likeness (QED) is 0.559. The fourth-order valence-corrected chi connectivity index (χ4v) is 5.11. The van der Waals surface area contributed by atoms with Gasteiger partial charge in [0.1, 0.15) is 11.2 Å².